The zero-order valence-corrected chi connectivity index (χ0v) is 18.4. The van der Waals surface area contributed by atoms with Crippen LogP contribution in [-0.4, -0.2) is 33.5 Å². The highest BCUT2D eigenvalue weighted by molar-refractivity contribution is 7.99. The molecule has 2 heterocycles. The molecule has 2 aromatic carbocycles. The van der Waals surface area contributed by atoms with E-state index in [9.17, 15) is 4.79 Å². The summed E-state index contributed by atoms with van der Waals surface area (Å²) in [6, 6.07) is 17.8. The van der Waals surface area contributed by atoms with Gasteiger partial charge in [-0.1, -0.05) is 23.5 Å². The van der Waals surface area contributed by atoms with E-state index in [0.29, 0.717) is 12.2 Å². The molecule has 1 amide bonds. The molecule has 1 N–H and O–H groups in total. The number of nitrogens with one attached hydrogen (secondary N) is 1. The molecule has 6 nitrogen and oxygen atoms in total. The van der Waals surface area contributed by atoms with Crippen LogP contribution in [0.1, 0.15) is 18.5 Å². The van der Waals surface area contributed by atoms with E-state index < -0.39 is 0 Å². The fourth-order valence-corrected chi connectivity index (χ4v) is 4.77. The summed E-state index contributed by atoms with van der Waals surface area (Å²) in [7, 11) is 1.66. The number of thiazole rings is 1. The number of aromatic nitrogens is 3. The first-order chi connectivity index (χ1) is 14.6. The Bertz CT molecular complexity index is 1120. The Labute approximate surface area is 183 Å². The summed E-state index contributed by atoms with van der Waals surface area (Å²) < 4.78 is 7.97. The first kappa shape index (κ1) is 20.4. The average Bonchev–Trinajstić information content (AvgIpc) is 3.34. The van der Waals surface area contributed by atoms with E-state index in [1.807, 2.05) is 61.5 Å². The molecule has 0 radical (unpaired) electrons. The molecular weight excluding hydrogens is 416 g/mol. The SMILES string of the molecule is COc1ccc(SCCCC(=O)Nc2cc(C)nn2-c2nc3ccccc3s2)cc1. The summed E-state index contributed by atoms with van der Waals surface area (Å²) in [6.07, 6.45) is 1.24. The van der Waals surface area contributed by atoms with Crippen LogP contribution in [-0.2, 0) is 4.79 Å². The van der Waals surface area contributed by atoms with Gasteiger partial charge < -0.3 is 10.1 Å². The number of methoxy groups -OCH3 is 1. The van der Waals surface area contributed by atoms with Crippen molar-refractivity contribution in [3.05, 3.63) is 60.3 Å². The highest BCUT2D eigenvalue weighted by Crippen LogP contribution is 2.27. The number of fused-ring (bicyclic) bond motifs is 1. The van der Waals surface area contributed by atoms with Crippen molar-refractivity contribution in [3.63, 3.8) is 0 Å². The van der Waals surface area contributed by atoms with Crippen LogP contribution < -0.4 is 10.1 Å². The van der Waals surface area contributed by atoms with Gasteiger partial charge in [0.1, 0.15) is 11.6 Å². The van der Waals surface area contributed by atoms with Crippen LogP contribution >= 0.6 is 23.1 Å². The topological polar surface area (TPSA) is 69.0 Å². The lowest BCUT2D eigenvalue weighted by atomic mass is 10.3. The number of aryl methyl sites for hydroxylation is 1. The molecule has 8 heteroatoms. The van der Waals surface area contributed by atoms with Crippen molar-refractivity contribution in [3.8, 4) is 10.9 Å². The van der Waals surface area contributed by atoms with Crippen molar-refractivity contribution in [2.24, 2.45) is 0 Å². The lowest BCUT2D eigenvalue weighted by Crippen LogP contribution is -2.14. The summed E-state index contributed by atoms with van der Waals surface area (Å²) in [5.41, 5.74) is 1.76. The smallest absolute Gasteiger partial charge is 0.225 e. The lowest BCUT2D eigenvalue weighted by Gasteiger charge is -2.07. The van der Waals surface area contributed by atoms with E-state index in [2.05, 4.69) is 15.4 Å². The molecule has 0 saturated carbocycles. The number of hydrogen-bond acceptors (Lipinski definition) is 6. The number of carbonyl (C=O) groups excluding carboxylic acids is 1. The number of carbonyl (C=O) groups is 1. The Balaban J connectivity index is 1.34. The first-order valence-electron chi connectivity index (χ1n) is 9.62. The summed E-state index contributed by atoms with van der Waals surface area (Å²) in [6.45, 7) is 1.91. The normalized spacial score (nSPS) is 11.0. The molecule has 0 atom stereocenters. The molecule has 154 valence electrons. The Kier molecular flexibility index (Phi) is 6.35. The van der Waals surface area contributed by atoms with Crippen LogP contribution in [0.25, 0.3) is 15.3 Å². The molecule has 0 aliphatic carbocycles. The van der Waals surface area contributed by atoms with Gasteiger partial charge in [0.2, 0.25) is 11.0 Å². The van der Waals surface area contributed by atoms with Crippen LogP contribution in [0, 0.1) is 6.92 Å². The largest absolute Gasteiger partial charge is 0.497 e. The number of nitrogens with zero attached hydrogens (tertiary/aromatic N) is 3. The third-order valence-electron chi connectivity index (χ3n) is 4.44. The van der Waals surface area contributed by atoms with Crippen LogP contribution in [0.4, 0.5) is 5.82 Å². The van der Waals surface area contributed by atoms with Gasteiger partial charge >= 0.3 is 0 Å². The number of ether oxygens (including phenoxy) is 1. The minimum absolute atomic E-state index is 0.0207. The minimum atomic E-state index is -0.0207. The second kappa shape index (κ2) is 9.32. The third kappa shape index (κ3) is 4.83. The van der Waals surface area contributed by atoms with Gasteiger partial charge in [-0.3, -0.25) is 4.79 Å². The summed E-state index contributed by atoms with van der Waals surface area (Å²) in [4.78, 5) is 18.3. The van der Waals surface area contributed by atoms with Gasteiger partial charge in [-0.15, -0.1) is 11.8 Å². The second-order valence-corrected chi connectivity index (χ2v) is 8.90. The number of para-hydroxylation sites is 1. The van der Waals surface area contributed by atoms with Gasteiger partial charge in [0, 0.05) is 17.4 Å². The fraction of sp³-hybridized carbons (Fsp3) is 0.227. The fourth-order valence-electron chi connectivity index (χ4n) is 2.99. The van der Waals surface area contributed by atoms with Crippen molar-refractivity contribution in [1.82, 2.24) is 14.8 Å². The Morgan fingerprint density at radius 1 is 1.20 bits per heavy atom. The molecule has 30 heavy (non-hydrogen) atoms. The van der Waals surface area contributed by atoms with Crippen molar-refractivity contribution < 1.29 is 9.53 Å². The van der Waals surface area contributed by atoms with Crippen LogP contribution in [0.5, 0.6) is 5.75 Å². The Morgan fingerprint density at radius 3 is 2.77 bits per heavy atom. The van der Waals surface area contributed by atoms with Gasteiger partial charge in [0.05, 0.1) is 23.0 Å². The predicted octanol–water partition coefficient (Wildman–Crippen LogP) is 5.31. The third-order valence-corrected chi connectivity index (χ3v) is 6.55. The summed E-state index contributed by atoms with van der Waals surface area (Å²) in [5, 5.41) is 8.25. The van der Waals surface area contributed by atoms with Gasteiger partial charge in [0.15, 0.2) is 0 Å². The van der Waals surface area contributed by atoms with Gasteiger partial charge in [0.25, 0.3) is 0 Å². The van der Waals surface area contributed by atoms with Crippen molar-refractivity contribution >= 4 is 45.0 Å². The number of benzene rings is 2. The van der Waals surface area contributed by atoms with Crippen LogP contribution in [0.3, 0.4) is 0 Å². The zero-order valence-electron chi connectivity index (χ0n) is 16.8. The number of amides is 1. The number of thioether (sulfide) groups is 1. The molecule has 0 bridgehead atoms. The number of rotatable bonds is 8. The van der Waals surface area contributed by atoms with E-state index in [4.69, 9.17) is 4.74 Å². The lowest BCUT2D eigenvalue weighted by molar-refractivity contribution is -0.116. The maximum atomic E-state index is 12.5. The van der Waals surface area contributed by atoms with E-state index in [1.165, 1.54) is 4.90 Å². The van der Waals surface area contributed by atoms with Crippen molar-refractivity contribution in [2.75, 3.05) is 18.2 Å². The minimum Gasteiger partial charge on any atom is -0.497 e. The van der Waals surface area contributed by atoms with Crippen molar-refractivity contribution in [1.29, 1.82) is 0 Å². The predicted molar refractivity (Wildman–Crippen MR) is 123 cm³/mol. The number of hydrogen-bond donors (Lipinski definition) is 1. The zero-order chi connectivity index (χ0) is 20.9. The molecule has 0 spiro atoms. The van der Waals surface area contributed by atoms with E-state index in [-0.39, 0.29) is 5.91 Å². The van der Waals surface area contributed by atoms with Gasteiger partial charge in [-0.25, -0.2) is 4.98 Å². The molecular formula is C22H22N4O2S2. The monoisotopic (exact) mass is 438 g/mol. The standard InChI is InChI=1S/C22H22N4O2S2/c1-15-14-20(26(25-15)22-23-18-6-3-4-7-19(18)30-22)24-21(27)8-5-13-29-17-11-9-16(28-2)10-12-17/h3-4,6-7,9-12,14H,5,8,13H2,1-2H3,(H,24,27). The quantitative estimate of drug-likeness (QED) is 0.298. The van der Waals surface area contributed by atoms with E-state index >= 15 is 0 Å². The van der Waals surface area contributed by atoms with E-state index in [0.717, 1.165) is 39.0 Å². The van der Waals surface area contributed by atoms with Gasteiger partial charge in [-0.05, 0) is 55.5 Å². The van der Waals surface area contributed by atoms with Crippen LogP contribution in [0.2, 0.25) is 0 Å². The maximum absolute atomic E-state index is 12.5. The molecule has 0 saturated heterocycles. The average molecular weight is 439 g/mol. The highest BCUT2D eigenvalue weighted by atomic mass is 32.2. The molecule has 0 aliphatic rings. The molecule has 4 aromatic rings. The Morgan fingerprint density at radius 2 is 2.00 bits per heavy atom. The molecule has 0 aliphatic heterocycles. The number of anilines is 1. The molecule has 0 unspecified atom stereocenters. The molecule has 2 aromatic heterocycles. The van der Waals surface area contributed by atoms with Gasteiger partial charge in [-0.2, -0.15) is 9.78 Å². The van der Waals surface area contributed by atoms with Crippen molar-refractivity contribution in [2.45, 2.75) is 24.7 Å². The molecule has 0 fully saturated rings. The highest BCUT2D eigenvalue weighted by Gasteiger charge is 2.14. The first-order valence-corrected chi connectivity index (χ1v) is 11.4. The summed E-state index contributed by atoms with van der Waals surface area (Å²) >= 11 is 3.29. The molecule has 4 rings (SSSR count). The summed E-state index contributed by atoms with van der Waals surface area (Å²) in [5.74, 6) is 2.35. The van der Waals surface area contributed by atoms with Crippen LogP contribution in [0.15, 0.2) is 59.5 Å². The second-order valence-electron chi connectivity index (χ2n) is 6.72. The maximum Gasteiger partial charge on any atom is 0.225 e. The Hall–Kier alpha value is -2.84. The van der Waals surface area contributed by atoms with E-state index in [1.54, 1.807) is 34.9 Å².